The number of ether oxygens (including phenoxy) is 1. The quantitative estimate of drug-likeness (QED) is 0.851. The third-order valence-corrected chi connectivity index (χ3v) is 3.72. The molecular weight excluding hydrogens is 262 g/mol. The highest BCUT2D eigenvalue weighted by atomic mass is 16.5. The number of benzene rings is 1. The van der Waals surface area contributed by atoms with E-state index >= 15 is 0 Å². The molecule has 0 saturated heterocycles. The lowest BCUT2D eigenvalue weighted by molar-refractivity contribution is 0.146. The van der Waals surface area contributed by atoms with Gasteiger partial charge in [0, 0.05) is 25.4 Å². The van der Waals surface area contributed by atoms with Crippen molar-refractivity contribution in [1.29, 1.82) is 0 Å². The van der Waals surface area contributed by atoms with E-state index in [9.17, 15) is 0 Å². The van der Waals surface area contributed by atoms with Crippen LogP contribution in [0, 0.1) is 12.8 Å². The van der Waals surface area contributed by atoms with E-state index in [1.165, 1.54) is 5.69 Å². The molecule has 1 N–H and O–H groups in total. The van der Waals surface area contributed by atoms with Gasteiger partial charge in [-0.3, -0.25) is 4.57 Å². The molecule has 2 aromatic rings. The second kappa shape index (κ2) is 7.38. The van der Waals surface area contributed by atoms with Crippen molar-refractivity contribution >= 4 is 0 Å². The number of hydrogen-bond donors (Lipinski definition) is 1. The van der Waals surface area contributed by atoms with Gasteiger partial charge in [-0.25, -0.2) is 4.98 Å². The maximum atomic E-state index is 5.29. The van der Waals surface area contributed by atoms with Crippen molar-refractivity contribution in [3.8, 4) is 5.69 Å². The molecule has 114 valence electrons. The molecule has 1 aromatic carbocycles. The Labute approximate surface area is 127 Å². The number of para-hydroxylation sites is 1. The summed E-state index contributed by atoms with van der Waals surface area (Å²) in [6.07, 6.45) is 1.94. The van der Waals surface area contributed by atoms with Gasteiger partial charge in [0.15, 0.2) is 0 Å². The van der Waals surface area contributed by atoms with Gasteiger partial charge in [0.05, 0.1) is 18.5 Å². The fourth-order valence-corrected chi connectivity index (χ4v) is 2.45. The SMILES string of the molecule is COCC(NCc1cnc(C)n1-c1ccccc1)C(C)C. The number of nitrogens with zero attached hydrogens (tertiary/aromatic N) is 2. The second-order valence-electron chi connectivity index (χ2n) is 5.65. The normalized spacial score (nSPS) is 12.8. The summed E-state index contributed by atoms with van der Waals surface area (Å²) in [5, 5.41) is 3.57. The zero-order valence-electron chi connectivity index (χ0n) is 13.3. The van der Waals surface area contributed by atoms with E-state index in [1.807, 2.05) is 31.3 Å². The van der Waals surface area contributed by atoms with Gasteiger partial charge in [-0.05, 0) is 25.0 Å². The van der Waals surface area contributed by atoms with Gasteiger partial charge >= 0.3 is 0 Å². The number of aromatic nitrogens is 2. The van der Waals surface area contributed by atoms with Gasteiger partial charge in [0.25, 0.3) is 0 Å². The first-order valence-corrected chi connectivity index (χ1v) is 7.44. The molecule has 0 radical (unpaired) electrons. The Morgan fingerprint density at radius 3 is 2.57 bits per heavy atom. The molecule has 0 amide bonds. The summed E-state index contributed by atoms with van der Waals surface area (Å²) in [4.78, 5) is 4.45. The zero-order chi connectivity index (χ0) is 15.2. The number of hydrogen-bond acceptors (Lipinski definition) is 3. The third kappa shape index (κ3) is 3.93. The summed E-state index contributed by atoms with van der Waals surface area (Å²) in [6, 6.07) is 10.7. The molecule has 0 spiro atoms. The average molecular weight is 287 g/mol. The summed E-state index contributed by atoms with van der Waals surface area (Å²) in [5.74, 6) is 1.53. The molecule has 0 fully saturated rings. The van der Waals surface area contributed by atoms with Crippen molar-refractivity contribution < 1.29 is 4.74 Å². The van der Waals surface area contributed by atoms with Crippen molar-refractivity contribution in [2.45, 2.75) is 33.4 Å². The van der Waals surface area contributed by atoms with Crippen molar-refractivity contribution in [2.24, 2.45) is 5.92 Å². The topological polar surface area (TPSA) is 39.1 Å². The van der Waals surface area contributed by atoms with E-state index in [1.54, 1.807) is 7.11 Å². The smallest absolute Gasteiger partial charge is 0.110 e. The largest absolute Gasteiger partial charge is 0.383 e. The third-order valence-electron chi connectivity index (χ3n) is 3.72. The van der Waals surface area contributed by atoms with Gasteiger partial charge < -0.3 is 10.1 Å². The van der Waals surface area contributed by atoms with Crippen molar-refractivity contribution in [1.82, 2.24) is 14.9 Å². The number of nitrogens with one attached hydrogen (secondary N) is 1. The van der Waals surface area contributed by atoms with Crippen LogP contribution in [0.3, 0.4) is 0 Å². The first-order valence-electron chi connectivity index (χ1n) is 7.44. The van der Waals surface area contributed by atoms with Crippen LogP contribution in [0.15, 0.2) is 36.5 Å². The molecule has 0 aliphatic heterocycles. The number of methoxy groups -OCH3 is 1. The molecule has 1 heterocycles. The number of rotatable bonds is 7. The molecule has 2 rings (SSSR count). The Morgan fingerprint density at radius 2 is 1.95 bits per heavy atom. The summed E-state index contributed by atoms with van der Waals surface area (Å²) < 4.78 is 7.48. The highest BCUT2D eigenvalue weighted by Gasteiger charge is 2.14. The van der Waals surface area contributed by atoms with Crippen molar-refractivity contribution in [3.63, 3.8) is 0 Å². The summed E-state index contributed by atoms with van der Waals surface area (Å²) >= 11 is 0. The average Bonchev–Trinajstić information content (AvgIpc) is 2.85. The van der Waals surface area contributed by atoms with E-state index in [2.05, 4.69) is 40.8 Å². The van der Waals surface area contributed by atoms with Crippen molar-refractivity contribution in [2.75, 3.05) is 13.7 Å². The molecule has 4 heteroatoms. The van der Waals surface area contributed by atoms with E-state index in [-0.39, 0.29) is 0 Å². The molecule has 0 bridgehead atoms. The lowest BCUT2D eigenvalue weighted by atomic mass is 10.1. The van der Waals surface area contributed by atoms with Gasteiger partial charge in [0.2, 0.25) is 0 Å². The highest BCUT2D eigenvalue weighted by molar-refractivity contribution is 5.35. The minimum atomic E-state index is 0.342. The molecule has 1 aromatic heterocycles. The number of imidazole rings is 1. The summed E-state index contributed by atoms with van der Waals surface area (Å²) in [5.41, 5.74) is 2.32. The number of aryl methyl sites for hydroxylation is 1. The van der Waals surface area contributed by atoms with Crippen LogP contribution >= 0.6 is 0 Å². The van der Waals surface area contributed by atoms with Crippen LogP contribution in [0.1, 0.15) is 25.4 Å². The maximum Gasteiger partial charge on any atom is 0.110 e. The molecule has 0 saturated carbocycles. The predicted molar refractivity (Wildman–Crippen MR) is 85.6 cm³/mol. The van der Waals surface area contributed by atoms with Crippen molar-refractivity contribution in [3.05, 3.63) is 48.0 Å². The Hall–Kier alpha value is -1.65. The molecule has 1 atom stereocenters. The minimum absolute atomic E-state index is 0.342. The van der Waals surface area contributed by atoms with Gasteiger partial charge in [-0.1, -0.05) is 32.0 Å². The van der Waals surface area contributed by atoms with Crippen LogP contribution in [-0.2, 0) is 11.3 Å². The van der Waals surface area contributed by atoms with Gasteiger partial charge in [-0.15, -0.1) is 0 Å². The highest BCUT2D eigenvalue weighted by Crippen LogP contribution is 2.15. The van der Waals surface area contributed by atoms with Crippen LogP contribution in [-0.4, -0.2) is 29.3 Å². The Balaban J connectivity index is 2.15. The Bertz CT molecular complexity index is 548. The van der Waals surface area contributed by atoms with Crippen LogP contribution < -0.4 is 5.32 Å². The predicted octanol–water partition coefficient (Wildman–Crippen LogP) is 2.94. The maximum absolute atomic E-state index is 5.29. The van der Waals surface area contributed by atoms with E-state index in [4.69, 9.17) is 4.74 Å². The molecule has 4 nitrogen and oxygen atoms in total. The van der Waals surface area contributed by atoms with E-state index in [0.29, 0.717) is 12.0 Å². The molecule has 0 aliphatic carbocycles. The van der Waals surface area contributed by atoms with E-state index < -0.39 is 0 Å². The summed E-state index contributed by atoms with van der Waals surface area (Å²) in [6.45, 7) is 7.94. The minimum Gasteiger partial charge on any atom is -0.383 e. The Morgan fingerprint density at radius 1 is 1.24 bits per heavy atom. The summed E-state index contributed by atoms with van der Waals surface area (Å²) in [7, 11) is 1.75. The molecular formula is C17H25N3O. The first-order chi connectivity index (χ1) is 10.1. The van der Waals surface area contributed by atoms with Crippen LogP contribution in [0.5, 0.6) is 0 Å². The van der Waals surface area contributed by atoms with E-state index in [0.717, 1.165) is 24.7 Å². The van der Waals surface area contributed by atoms with Crippen LogP contribution in [0.25, 0.3) is 5.69 Å². The standard InChI is InChI=1S/C17H25N3O/c1-13(2)17(12-21-4)19-11-16-10-18-14(3)20(16)15-8-6-5-7-9-15/h5-10,13,17,19H,11-12H2,1-4H3. The molecule has 21 heavy (non-hydrogen) atoms. The second-order valence-corrected chi connectivity index (χ2v) is 5.65. The van der Waals surface area contributed by atoms with Gasteiger partial charge in [-0.2, -0.15) is 0 Å². The molecule has 0 aliphatic rings. The van der Waals surface area contributed by atoms with Crippen LogP contribution in [0.2, 0.25) is 0 Å². The fraction of sp³-hybridized carbons (Fsp3) is 0.471. The fourth-order valence-electron chi connectivity index (χ4n) is 2.45. The zero-order valence-corrected chi connectivity index (χ0v) is 13.3. The Kier molecular flexibility index (Phi) is 5.53. The van der Waals surface area contributed by atoms with Gasteiger partial charge in [0.1, 0.15) is 5.82 Å². The lowest BCUT2D eigenvalue weighted by Crippen LogP contribution is -2.37. The monoisotopic (exact) mass is 287 g/mol. The van der Waals surface area contributed by atoms with Crippen LogP contribution in [0.4, 0.5) is 0 Å². The first kappa shape index (κ1) is 15.7. The molecule has 1 unspecified atom stereocenters. The lowest BCUT2D eigenvalue weighted by Gasteiger charge is -2.22.